The van der Waals surface area contributed by atoms with Gasteiger partial charge in [0.05, 0.1) is 0 Å². The summed E-state index contributed by atoms with van der Waals surface area (Å²) in [6.07, 6.45) is 8.19. The van der Waals surface area contributed by atoms with Gasteiger partial charge in [-0.25, -0.2) is 0 Å². The minimum Gasteiger partial charge on any atom is -0.348 e. The molecule has 1 aromatic carbocycles. The molecular weight excluding hydrogens is 264 g/mol. The number of hydrogen-bond donors (Lipinski definition) is 0. The molecular formula is C17H24N2S. The highest BCUT2D eigenvalue weighted by Gasteiger charge is 2.25. The minimum absolute atomic E-state index is 0.756. The van der Waals surface area contributed by atoms with Crippen LogP contribution >= 0.6 is 11.8 Å². The average molecular weight is 288 g/mol. The summed E-state index contributed by atoms with van der Waals surface area (Å²) >= 11 is 1.93. The van der Waals surface area contributed by atoms with E-state index in [4.69, 9.17) is 4.99 Å². The second-order valence-electron chi connectivity index (χ2n) is 5.78. The number of benzene rings is 1. The number of thioether (sulfide) groups is 1. The van der Waals surface area contributed by atoms with Gasteiger partial charge in [0, 0.05) is 24.9 Å². The van der Waals surface area contributed by atoms with E-state index < -0.39 is 0 Å². The Balaban J connectivity index is 1.61. The highest BCUT2D eigenvalue weighted by atomic mass is 32.2. The summed E-state index contributed by atoms with van der Waals surface area (Å²) in [6, 6.07) is 11.5. The van der Waals surface area contributed by atoms with Gasteiger partial charge in [-0.3, -0.25) is 4.99 Å². The van der Waals surface area contributed by atoms with Crippen LogP contribution in [0.1, 0.15) is 44.1 Å². The maximum absolute atomic E-state index is 4.81. The van der Waals surface area contributed by atoms with E-state index >= 15 is 0 Å². The van der Waals surface area contributed by atoms with Crippen molar-refractivity contribution in [1.82, 2.24) is 4.90 Å². The molecule has 1 aromatic rings. The average Bonchev–Trinajstić information content (AvgIpc) is 2.55. The highest BCUT2D eigenvalue weighted by Crippen LogP contribution is 2.28. The standard InChI is InChI=1S/C17H24N2S/c1-3-8-15(9-4-1)14-20-17-18-12-7-13-19(17)16-10-5-2-6-11-16/h1,3-4,8-9,16H,2,5-7,10-14H2. The molecule has 2 nitrogen and oxygen atoms in total. The van der Waals surface area contributed by atoms with Crippen molar-refractivity contribution >= 4 is 16.9 Å². The van der Waals surface area contributed by atoms with E-state index in [1.165, 1.54) is 55.8 Å². The first-order chi connectivity index (χ1) is 9.93. The Kier molecular flexibility index (Phi) is 5.01. The normalized spacial score (nSPS) is 20.8. The van der Waals surface area contributed by atoms with E-state index in [9.17, 15) is 0 Å². The lowest BCUT2D eigenvalue weighted by molar-refractivity contribution is 0.239. The molecule has 0 atom stereocenters. The van der Waals surface area contributed by atoms with Crippen molar-refractivity contribution in [3.63, 3.8) is 0 Å². The predicted molar refractivity (Wildman–Crippen MR) is 88.2 cm³/mol. The summed E-state index contributed by atoms with van der Waals surface area (Å²) in [4.78, 5) is 7.41. The van der Waals surface area contributed by atoms with Crippen LogP contribution in [0, 0.1) is 0 Å². The van der Waals surface area contributed by atoms with Crippen LogP contribution in [0.4, 0.5) is 0 Å². The number of hydrogen-bond acceptors (Lipinski definition) is 3. The molecule has 108 valence electrons. The van der Waals surface area contributed by atoms with Crippen LogP contribution in [-0.2, 0) is 5.75 Å². The Morgan fingerprint density at radius 2 is 1.85 bits per heavy atom. The molecule has 20 heavy (non-hydrogen) atoms. The zero-order valence-corrected chi connectivity index (χ0v) is 12.9. The Hall–Kier alpha value is -0.960. The molecule has 2 aliphatic rings. The van der Waals surface area contributed by atoms with E-state index in [0.717, 1.165) is 18.3 Å². The molecule has 0 aromatic heterocycles. The third-order valence-electron chi connectivity index (χ3n) is 4.28. The fraction of sp³-hybridized carbons (Fsp3) is 0.588. The van der Waals surface area contributed by atoms with Gasteiger partial charge < -0.3 is 4.90 Å². The van der Waals surface area contributed by atoms with Crippen molar-refractivity contribution in [1.29, 1.82) is 0 Å². The smallest absolute Gasteiger partial charge is 0.159 e. The Labute approximate surface area is 126 Å². The summed E-state index contributed by atoms with van der Waals surface area (Å²) < 4.78 is 0. The van der Waals surface area contributed by atoms with Crippen molar-refractivity contribution in [3.05, 3.63) is 35.9 Å². The molecule has 0 unspecified atom stereocenters. The molecule has 0 saturated heterocycles. The maximum Gasteiger partial charge on any atom is 0.159 e. The van der Waals surface area contributed by atoms with Crippen molar-refractivity contribution in [2.45, 2.75) is 50.3 Å². The minimum atomic E-state index is 0.756. The number of nitrogens with zero attached hydrogens (tertiary/aromatic N) is 2. The van der Waals surface area contributed by atoms with E-state index in [-0.39, 0.29) is 0 Å². The van der Waals surface area contributed by atoms with Crippen molar-refractivity contribution in [2.75, 3.05) is 13.1 Å². The zero-order chi connectivity index (χ0) is 13.6. The summed E-state index contributed by atoms with van der Waals surface area (Å²) in [7, 11) is 0. The molecule has 1 aliphatic carbocycles. The van der Waals surface area contributed by atoms with Gasteiger partial charge in [-0.05, 0) is 24.8 Å². The topological polar surface area (TPSA) is 15.6 Å². The van der Waals surface area contributed by atoms with Crippen LogP contribution in [0.3, 0.4) is 0 Å². The van der Waals surface area contributed by atoms with E-state index in [0.29, 0.717) is 0 Å². The van der Waals surface area contributed by atoms with E-state index in [1.807, 2.05) is 11.8 Å². The second kappa shape index (κ2) is 7.16. The van der Waals surface area contributed by atoms with Gasteiger partial charge in [-0.2, -0.15) is 0 Å². The second-order valence-corrected chi connectivity index (χ2v) is 6.72. The molecule has 0 bridgehead atoms. The van der Waals surface area contributed by atoms with E-state index in [2.05, 4.69) is 35.2 Å². The van der Waals surface area contributed by atoms with Gasteiger partial charge in [-0.1, -0.05) is 61.4 Å². The Morgan fingerprint density at radius 3 is 2.65 bits per heavy atom. The Bertz CT molecular complexity index is 438. The lowest BCUT2D eigenvalue weighted by atomic mass is 9.94. The van der Waals surface area contributed by atoms with Crippen LogP contribution in [0.5, 0.6) is 0 Å². The van der Waals surface area contributed by atoms with Gasteiger partial charge in [0.25, 0.3) is 0 Å². The number of rotatable bonds is 3. The molecule has 3 rings (SSSR count). The van der Waals surface area contributed by atoms with Gasteiger partial charge >= 0.3 is 0 Å². The summed E-state index contributed by atoms with van der Waals surface area (Å²) in [5.41, 5.74) is 1.40. The molecule has 0 radical (unpaired) electrons. The first-order valence-corrected chi connectivity index (χ1v) is 8.90. The molecule has 0 spiro atoms. The van der Waals surface area contributed by atoms with Gasteiger partial charge in [0.2, 0.25) is 0 Å². The maximum atomic E-state index is 4.81. The monoisotopic (exact) mass is 288 g/mol. The zero-order valence-electron chi connectivity index (χ0n) is 12.1. The molecule has 1 saturated carbocycles. The fourth-order valence-corrected chi connectivity index (χ4v) is 4.26. The number of amidine groups is 1. The quantitative estimate of drug-likeness (QED) is 0.823. The highest BCUT2D eigenvalue weighted by molar-refractivity contribution is 8.13. The lowest BCUT2D eigenvalue weighted by Crippen LogP contribution is -2.43. The first kappa shape index (κ1) is 14.0. The molecule has 3 heteroatoms. The first-order valence-electron chi connectivity index (χ1n) is 7.91. The predicted octanol–water partition coefficient (Wildman–Crippen LogP) is 4.31. The van der Waals surface area contributed by atoms with Crippen LogP contribution in [0.25, 0.3) is 0 Å². The van der Waals surface area contributed by atoms with Crippen molar-refractivity contribution in [3.8, 4) is 0 Å². The fourth-order valence-electron chi connectivity index (χ4n) is 3.18. The third-order valence-corrected chi connectivity index (χ3v) is 5.38. The van der Waals surface area contributed by atoms with Crippen LogP contribution in [-0.4, -0.2) is 29.2 Å². The molecule has 0 N–H and O–H groups in total. The van der Waals surface area contributed by atoms with E-state index in [1.54, 1.807) is 0 Å². The molecule has 1 fully saturated rings. The Morgan fingerprint density at radius 1 is 1.05 bits per heavy atom. The molecule has 1 heterocycles. The lowest BCUT2D eigenvalue weighted by Gasteiger charge is -2.38. The van der Waals surface area contributed by atoms with Crippen molar-refractivity contribution < 1.29 is 0 Å². The molecule has 1 aliphatic heterocycles. The van der Waals surface area contributed by atoms with Gasteiger partial charge in [-0.15, -0.1) is 0 Å². The van der Waals surface area contributed by atoms with Crippen molar-refractivity contribution in [2.24, 2.45) is 4.99 Å². The molecule has 0 amide bonds. The largest absolute Gasteiger partial charge is 0.348 e. The third kappa shape index (κ3) is 3.57. The summed E-state index contributed by atoms with van der Waals surface area (Å²) in [6.45, 7) is 2.23. The van der Waals surface area contributed by atoms with Crippen LogP contribution in [0.2, 0.25) is 0 Å². The van der Waals surface area contributed by atoms with Gasteiger partial charge in [0.1, 0.15) is 0 Å². The SMILES string of the molecule is c1ccc(CSC2=NCCCN2C2CCCCC2)cc1. The summed E-state index contributed by atoms with van der Waals surface area (Å²) in [5.74, 6) is 1.04. The van der Waals surface area contributed by atoms with Crippen LogP contribution in [0.15, 0.2) is 35.3 Å². The van der Waals surface area contributed by atoms with Gasteiger partial charge in [0.15, 0.2) is 5.17 Å². The van der Waals surface area contributed by atoms with Crippen LogP contribution < -0.4 is 0 Å². The summed E-state index contributed by atoms with van der Waals surface area (Å²) in [5, 5.41) is 1.30. The number of aliphatic imine (C=N–C) groups is 1.